The third-order valence-corrected chi connectivity index (χ3v) is 5.24. The summed E-state index contributed by atoms with van der Waals surface area (Å²) >= 11 is 0. The van der Waals surface area contributed by atoms with E-state index in [0.29, 0.717) is 37.8 Å². The molecule has 3 rings (SSSR count). The Kier molecular flexibility index (Phi) is 8.26. The molecule has 2 atom stereocenters. The fourth-order valence-electron chi connectivity index (χ4n) is 3.70. The average Bonchev–Trinajstić information content (AvgIpc) is 3.19. The third-order valence-electron chi connectivity index (χ3n) is 5.24. The largest absolute Gasteiger partial charge is 0.486 e. The highest BCUT2D eigenvalue weighted by molar-refractivity contribution is 5.76. The fourth-order valence-corrected chi connectivity index (χ4v) is 3.70. The third kappa shape index (κ3) is 7.18. The molecule has 1 aromatic heterocycles. The summed E-state index contributed by atoms with van der Waals surface area (Å²) < 4.78 is 11.1. The monoisotopic (exact) mass is 414 g/mol. The van der Waals surface area contributed by atoms with Crippen molar-refractivity contribution in [2.45, 2.75) is 32.8 Å². The molecule has 30 heavy (non-hydrogen) atoms. The number of piperidine rings is 1. The van der Waals surface area contributed by atoms with Gasteiger partial charge < -0.3 is 25.2 Å². The molecule has 1 aromatic carbocycles. The molecule has 1 aliphatic rings. The van der Waals surface area contributed by atoms with E-state index in [1.807, 2.05) is 36.4 Å². The summed E-state index contributed by atoms with van der Waals surface area (Å²) in [5.74, 6) is 2.00. The minimum absolute atomic E-state index is 0.0226. The minimum Gasteiger partial charge on any atom is -0.486 e. The van der Waals surface area contributed by atoms with Crippen molar-refractivity contribution in [2.75, 3.05) is 26.2 Å². The Labute approximate surface area is 176 Å². The van der Waals surface area contributed by atoms with E-state index >= 15 is 0 Å². The lowest BCUT2D eigenvalue weighted by atomic mass is 9.81. The molecule has 2 aromatic rings. The maximum atomic E-state index is 12.3. The van der Waals surface area contributed by atoms with E-state index in [2.05, 4.69) is 21.1 Å². The van der Waals surface area contributed by atoms with Crippen LogP contribution >= 0.6 is 0 Å². The molecule has 0 spiro atoms. The molecule has 162 valence electrons. The van der Waals surface area contributed by atoms with Gasteiger partial charge >= 0.3 is 0 Å². The summed E-state index contributed by atoms with van der Waals surface area (Å²) in [4.78, 5) is 23.2. The van der Waals surface area contributed by atoms with Crippen LogP contribution in [0.1, 0.15) is 31.2 Å². The van der Waals surface area contributed by atoms with Gasteiger partial charge in [0.25, 0.3) is 0 Å². The lowest BCUT2D eigenvalue weighted by Gasteiger charge is -2.31. The fraction of sp³-hybridized carbons (Fsp3) is 0.500. The van der Waals surface area contributed by atoms with Crippen LogP contribution in [0.3, 0.4) is 0 Å². The minimum atomic E-state index is -0.0937. The first-order valence-electron chi connectivity index (χ1n) is 10.4. The second-order valence-electron chi connectivity index (χ2n) is 7.64. The molecular weight excluding hydrogens is 384 g/mol. The van der Waals surface area contributed by atoms with Crippen LogP contribution in [0.15, 0.2) is 40.9 Å². The van der Waals surface area contributed by atoms with Gasteiger partial charge in [-0.2, -0.15) is 0 Å². The quantitative estimate of drug-likeness (QED) is 0.511. The zero-order chi connectivity index (χ0) is 21.2. The first-order chi connectivity index (χ1) is 14.6. The van der Waals surface area contributed by atoms with Crippen molar-refractivity contribution >= 4 is 11.8 Å². The van der Waals surface area contributed by atoms with E-state index < -0.39 is 0 Å². The molecule has 3 N–H and O–H groups in total. The van der Waals surface area contributed by atoms with Gasteiger partial charge in [-0.3, -0.25) is 9.59 Å². The highest BCUT2D eigenvalue weighted by Gasteiger charge is 2.28. The van der Waals surface area contributed by atoms with Crippen LogP contribution in [-0.4, -0.2) is 43.2 Å². The summed E-state index contributed by atoms with van der Waals surface area (Å²) in [6.07, 6.45) is 2.19. The molecule has 2 heterocycles. The highest BCUT2D eigenvalue weighted by atomic mass is 16.5. The number of amides is 2. The Hall–Kier alpha value is -2.87. The molecule has 0 radical (unpaired) electrons. The Balaban J connectivity index is 1.46. The van der Waals surface area contributed by atoms with Crippen LogP contribution in [-0.2, 0) is 22.6 Å². The Bertz CT molecular complexity index is 808. The van der Waals surface area contributed by atoms with Crippen LogP contribution in [0.4, 0.5) is 0 Å². The van der Waals surface area contributed by atoms with Crippen LogP contribution in [0.5, 0.6) is 5.75 Å². The first-order valence-corrected chi connectivity index (χ1v) is 10.4. The topological polar surface area (TPSA) is 105 Å². The number of rotatable bonds is 10. The molecule has 1 aliphatic heterocycles. The van der Waals surface area contributed by atoms with Crippen LogP contribution in [0, 0.1) is 11.8 Å². The number of aromatic nitrogens is 1. The number of para-hydroxylation sites is 1. The van der Waals surface area contributed by atoms with Gasteiger partial charge in [0.15, 0.2) is 5.76 Å². The normalized spacial score (nSPS) is 18.6. The van der Waals surface area contributed by atoms with Gasteiger partial charge in [0.2, 0.25) is 11.8 Å². The number of ether oxygens (including phenoxy) is 1. The van der Waals surface area contributed by atoms with Gasteiger partial charge in [-0.05, 0) is 49.9 Å². The number of nitrogens with one attached hydrogen (secondary N) is 3. The number of benzene rings is 1. The van der Waals surface area contributed by atoms with Crippen molar-refractivity contribution in [2.24, 2.45) is 11.8 Å². The molecule has 8 heteroatoms. The predicted octanol–water partition coefficient (Wildman–Crippen LogP) is 1.66. The van der Waals surface area contributed by atoms with E-state index in [0.717, 1.165) is 37.4 Å². The lowest BCUT2D eigenvalue weighted by Crippen LogP contribution is -2.41. The lowest BCUT2D eigenvalue weighted by molar-refractivity contribution is -0.123. The maximum absolute atomic E-state index is 12.3. The molecule has 0 bridgehead atoms. The second-order valence-corrected chi connectivity index (χ2v) is 7.64. The molecule has 8 nitrogen and oxygen atoms in total. The maximum Gasteiger partial charge on any atom is 0.220 e. The van der Waals surface area contributed by atoms with Gasteiger partial charge in [0.1, 0.15) is 12.4 Å². The van der Waals surface area contributed by atoms with E-state index in [-0.39, 0.29) is 17.7 Å². The number of hydrogen-bond donors (Lipinski definition) is 3. The average molecular weight is 415 g/mol. The Morgan fingerprint density at radius 1 is 1.20 bits per heavy atom. The molecule has 1 saturated heterocycles. The Morgan fingerprint density at radius 3 is 2.80 bits per heavy atom. The second kappa shape index (κ2) is 11.3. The van der Waals surface area contributed by atoms with Crippen molar-refractivity contribution in [3.8, 4) is 5.75 Å². The van der Waals surface area contributed by atoms with Gasteiger partial charge in [0, 0.05) is 32.5 Å². The number of nitrogens with zero attached hydrogens (tertiary/aromatic N) is 1. The molecule has 0 aliphatic carbocycles. The molecule has 2 unspecified atom stereocenters. The van der Waals surface area contributed by atoms with Crippen molar-refractivity contribution in [1.29, 1.82) is 0 Å². The molecular formula is C22H30N4O4. The van der Waals surface area contributed by atoms with Crippen LogP contribution in [0.2, 0.25) is 0 Å². The first kappa shape index (κ1) is 21.8. The van der Waals surface area contributed by atoms with E-state index in [4.69, 9.17) is 9.26 Å². The molecule has 0 saturated carbocycles. The van der Waals surface area contributed by atoms with Gasteiger partial charge in [-0.25, -0.2) is 0 Å². The zero-order valence-electron chi connectivity index (χ0n) is 17.4. The standard InChI is InChI=1S/C22H30N4O4/c1-16(27)24-9-10-25-22(28)12-17-7-8-23-14-18(17)11-19-13-21(30-26-19)15-29-20-5-3-2-4-6-20/h2-6,13,17-18,23H,7-12,14-15H2,1H3,(H,24,27)(H,25,28). The number of hydrogen-bond acceptors (Lipinski definition) is 6. The summed E-state index contributed by atoms with van der Waals surface area (Å²) in [7, 11) is 0. The van der Waals surface area contributed by atoms with Crippen molar-refractivity contribution in [1.82, 2.24) is 21.1 Å². The summed E-state index contributed by atoms with van der Waals surface area (Å²) in [6, 6.07) is 11.5. The van der Waals surface area contributed by atoms with Crippen LogP contribution in [0.25, 0.3) is 0 Å². The summed E-state index contributed by atoms with van der Waals surface area (Å²) in [6.45, 7) is 4.46. The zero-order valence-corrected chi connectivity index (χ0v) is 17.4. The SMILES string of the molecule is CC(=O)NCCNC(=O)CC1CCNCC1Cc1cc(COc2ccccc2)on1. The van der Waals surface area contributed by atoms with Gasteiger partial charge in [0.05, 0.1) is 5.69 Å². The van der Waals surface area contributed by atoms with Crippen molar-refractivity contribution in [3.63, 3.8) is 0 Å². The van der Waals surface area contributed by atoms with Crippen molar-refractivity contribution in [3.05, 3.63) is 47.9 Å². The van der Waals surface area contributed by atoms with Gasteiger partial charge in [-0.15, -0.1) is 0 Å². The Morgan fingerprint density at radius 2 is 2.00 bits per heavy atom. The highest BCUT2D eigenvalue weighted by Crippen LogP contribution is 2.26. The predicted molar refractivity (Wildman–Crippen MR) is 112 cm³/mol. The summed E-state index contributed by atoms with van der Waals surface area (Å²) in [5, 5.41) is 13.2. The van der Waals surface area contributed by atoms with Crippen LogP contribution < -0.4 is 20.7 Å². The van der Waals surface area contributed by atoms with E-state index in [9.17, 15) is 9.59 Å². The smallest absolute Gasteiger partial charge is 0.220 e. The van der Waals surface area contributed by atoms with Gasteiger partial charge in [-0.1, -0.05) is 23.4 Å². The van der Waals surface area contributed by atoms with E-state index in [1.54, 1.807) is 0 Å². The number of carbonyl (C=O) groups is 2. The summed E-state index contributed by atoms with van der Waals surface area (Å²) in [5.41, 5.74) is 0.881. The van der Waals surface area contributed by atoms with E-state index in [1.165, 1.54) is 6.92 Å². The number of carbonyl (C=O) groups excluding carboxylic acids is 2. The molecule has 1 fully saturated rings. The molecule has 2 amide bonds. The van der Waals surface area contributed by atoms with Crippen molar-refractivity contribution < 1.29 is 18.8 Å².